The third kappa shape index (κ3) is 4.16. The molecule has 4 nitrogen and oxygen atoms in total. The number of hydrogen-bond acceptors (Lipinski definition) is 2. The molecular weight excluding hydrogens is 315 g/mol. The maximum atomic E-state index is 13.1. The second-order valence-electron chi connectivity index (χ2n) is 5.78. The Balaban J connectivity index is 2.03. The molecule has 0 radical (unpaired) electrons. The van der Waals surface area contributed by atoms with Crippen molar-refractivity contribution < 1.29 is 17.7 Å². The molecule has 0 amide bonds. The molecule has 1 aromatic carbocycles. The minimum Gasteiger partial charge on any atom is -0.333 e. The zero-order valence-electron chi connectivity index (χ0n) is 12.2. The van der Waals surface area contributed by atoms with Gasteiger partial charge in [0.25, 0.3) is 0 Å². The van der Waals surface area contributed by atoms with Crippen LogP contribution in [0.15, 0.2) is 23.1 Å². The average molecular weight is 336 g/mol. The normalized spacial score (nSPS) is 23.5. The predicted molar refractivity (Wildman–Crippen MR) is 80.6 cm³/mol. The first-order chi connectivity index (χ1) is 9.79. The molecule has 2 N–H and O–H groups in total. The van der Waals surface area contributed by atoms with Crippen LogP contribution in [0.4, 0.5) is 4.39 Å². The van der Waals surface area contributed by atoms with Crippen LogP contribution < -0.4 is 9.62 Å². The van der Waals surface area contributed by atoms with Crippen molar-refractivity contribution in [2.24, 2.45) is 0 Å². The maximum Gasteiger partial charge on any atom is 0.240 e. The Morgan fingerprint density at radius 1 is 1.33 bits per heavy atom. The third-order valence-corrected chi connectivity index (χ3v) is 5.78. The molecule has 0 unspecified atom stereocenters. The molecule has 1 saturated heterocycles. The zero-order valence-corrected chi connectivity index (χ0v) is 13.8. The quantitative estimate of drug-likeness (QED) is 0.869. The number of halogens is 2. The summed E-state index contributed by atoms with van der Waals surface area (Å²) in [5, 5.41) is -0.183. The lowest BCUT2D eigenvalue weighted by Crippen LogP contribution is -3.16. The summed E-state index contributed by atoms with van der Waals surface area (Å²) >= 11 is 5.65. The van der Waals surface area contributed by atoms with E-state index in [4.69, 9.17) is 11.6 Å². The molecule has 2 rings (SSSR count). The van der Waals surface area contributed by atoms with Gasteiger partial charge < -0.3 is 4.90 Å². The Labute approximate surface area is 130 Å². The minimum absolute atomic E-state index is 0.00698. The Bertz CT molecular complexity index is 599. The van der Waals surface area contributed by atoms with E-state index in [0.717, 1.165) is 38.1 Å². The third-order valence-electron chi connectivity index (χ3n) is 3.97. The highest BCUT2D eigenvalue weighted by molar-refractivity contribution is 7.89. The van der Waals surface area contributed by atoms with Gasteiger partial charge in [-0.1, -0.05) is 11.6 Å². The van der Waals surface area contributed by atoms with Gasteiger partial charge in [0.2, 0.25) is 10.0 Å². The number of hydrogen-bond donors (Lipinski definition) is 2. The fourth-order valence-electron chi connectivity index (χ4n) is 2.62. The van der Waals surface area contributed by atoms with Crippen molar-refractivity contribution in [3.05, 3.63) is 29.0 Å². The summed E-state index contributed by atoms with van der Waals surface area (Å²) < 4.78 is 40.4. The zero-order chi connectivity index (χ0) is 15.6. The van der Waals surface area contributed by atoms with E-state index in [2.05, 4.69) is 18.6 Å². The topological polar surface area (TPSA) is 50.6 Å². The highest BCUT2D eigenvalue weighted by Crippen LogP contribution is 2.20. The Hall–Kier alpha value is -0.690. The van der Waals surface area contributed by atoms with Gasteiger partial charge in [-0.2, -0.15) is 0 Å². The number of sulfonamides is 1. The van der Waals surface area contributed by atoms with E-state index in [0.29, 0.717) is 6.04 Å². The molecule has 0 spiro atoms. The second kappa shape index (κ2) is 6.60. The summed E-state index contributed by atoms with van der Waals surface area (Å²) in [5.74, 6) is -0.621. The maximum absolute atomic E-state index is 13.1. The molecule has 21 heavy (non-hydrogen) atoms. The van der Waals surface area contributed by atoms with Crippen LogP contribution in [0.3, 0.4) is 0 Å². The van der Waals surface area contributed by atoms with E-state index < -0.39 is 15.8 Å². The first-order valence-electron chi connectivity index (χ1n) is 7.11. The molecule has 1 heterocycles. The van der Waals surface area contributed by atoms with E-state index in [9.17, 15) is 12.8 Å². The summed E-state index contributed by atoms with van der Waals surface area (Å²) in [4.78, 5) is 1.50. The fourth-order valence-corrected chi connectivity index (χ4v) is 4.19. The molecule has 0 atom stereocenters. The molecule has 0 bridgehead atoms. The highest BCUT2D eigenvalue weighted by Gasteiger charge is 2.27. The second-order valence-corrected chi connectivity index (χ2v) is 7.91. The highest BCUT2D eigenvalue weighted by atomic mass is 35.5. The van der Waals surface area contributed by atoms with Crippen LogP contribution in [0.2, 0.25) is 5.02 Å². The van der Waals surface area contributed by atoms with E-state index in [1.807, 2.05) is 0 Å². The van der Waals surface area contributed by atoms with Crippen molar-refractivity contribution in [2.75, 3.05) is 13.1 Å². The number of quaternary nitrogens is 1. The standard InChI is InChI=1S/C14H20ClFN2O2S/c1-10(2)18-7-5-11(6-8-18)17-21(19,20)12-3-4-14(16)13(15)9-12/h3-4,9-11,17H,5-8H2,1-2H3/p+1. The summed E-state index contributed by atoms with van der Waals surface area (Å²) in [5.41, 5.74) is 0. The molecule has 0 saturated carbocycles. The van der Waals surface area contributed by atoms with Crippen molar-refractivity contribution in [3.8, 4) is 0 Å². The number of rotatable bonds is 4. The Morgan fingerprint density at radius 2 is 1.95 bits per heavy atom. The van der Waals surface area contributed by atoms with Gasteiger partial charge in [-0.25, -0.2) is 17.5 Å². The molecule has 0 aliphatic carbocycles. The Kier molecular flexibility index (Phi) is 5.24. The van der Waals surface area contributed by atoms with Gasteiger partial charge in [0.05, 0.1) is 29.0 Å². The van der Waals surface area contributed by atoms with Gasteiger partial charge in [-0.3, -0.25) is 0 Å². The SMILES string of the molecule is CC(C)[NH+]1CCC(NS(=O)(=O)c2ccc(F)c(Cl)c2)CC1. The van der Waals surface area contributed by atoms with Gasteiger partial charge in [-0.15, -0.1) is 0 Å². The lowest BCUT2D eigenvalue weighted by Gasteiger charge is -2.32. The van der Waals surface area contributed by atoms with E-state index in [1.54, 1.807) is 0 Å². The van der Waals surface area contributed by atoms with Crippen molar-refractivity contribution in [1.29, 1.82) is 0 Å². The van der Waals surface area contributed by atoms with Gasteiger partial charge in [0.1, 0.15) is 5.82 Å². The lowest BCUT2D eigenvalue weighted by atomic mass is 10.1. The van der Waals surface area contributed by atoms with Crippen LogP contribution in [0, 0.1) is 5.82 Å². The molecule has 1 aliphatic rings. The van der Waals surface area contributed by atoms with Crippen LogP contribution >= 0.6 is 11.6 Å². The van der Waals surface area contributed by atoms with Gasteiger partial charge in [-0.05, 0) is 32.0 Å². The number of benzene rings is 1. The first-order valence-corrected chi connectivity index (χ1v) is 8.97. The molecular formula is C14H21ClFN2O2S+. The summed E-state index contributed by atoms with van der Waals surface area (Å²) in [7, 11) is -3.65. The van der Waals surface area contributed by atoms with Crippen LogP contribution in [0.5, 0.6) is 0 Å². The predicted octanol–water partition coefficient (Wildman–Crippen LogP) is 1.21. The van der Waals surface area contributed by atoms with E-state index in [-0.39, 0.29) is 16.0 Å². The smallest absolute Gasteiger partial charge is 0.240 e. The van der Waals surface area contributed by atoms with Crippen LogP contribution in [-0.2, 0) is 10.0 Å². The Morgan fingerprint density at radius 3 is 2.48 bits per heavy atom. The van der Waals surface area contributed by atoms with Crippen LogP contribution in [-0.4, -0.2) is 33.6 Å². The van der Waals surface area contributed by atoms with Gasteiger partial charge in [0, 0.05) is 18.9 Å². The molecule has 0 aromatic heterocycles. The van der Waals surface area contributed by atoms with Gasteiger partial charge >= 0.3 is 0 Å². The summed E-state index contributed by atoms with van der Waals surface area (Å²) in [6.45, 7) is 6.24. The molecule has 1 aliphatic heterocycles. The van der Waals surface area contributed by atoms with Crippen molar-refractivity contribution in [3.63, 3.8) is 0 Å². The minimum atomic E-state index is -3.65. The van der Waals surface area contributed by atoms with Gasteiger partial charge in [0.15, 0.2) is 0 Å². The first kappa shape index (κ1) is 16.7. The largest absolute Gasteiger partial charge is 0.333 e. The monoisotopic (exact) mass is 335 g/mol. The number of nitrogens with one attached hydrogen (secondary N) is 2. The van der Waals surface area contributed by atoms with Crippen LogP contribution in [0.25, 0.3) is 0 Å². The molecule has 118 valence electrons. The molecule has 1 fully saturated rings. The van der Waals surface area contributed by atoms with Crippen molar-refractivity contribution in [2.45, 2.75) is 43.7 Å². The molecule has 7 heteroatoms. The number of likely N-dealkylation sites (tertiary alicyclic amines) is 1. The average Bonchev–Trinajstić information content (AvgIpc) is 2.42. The van der Waals surface area contributed by atoms with E-state index >= 15 is 0 Å². The lowest BCUT2D eigenvalue weighted by molar-refractivity contribution is -0.926. The van der Waals surface area contributed by atoms with Crippen LogP contribution in [0.1, 0.15) is 26.7 Å². The molecule has 1 aromatic rings. The summed E-state index contributed by atoms with van der Waals surface area (Å²) in [6, 6.07) is 3.94. The fraction of sp³-hybridized carbons (Fsp3) is 0.571. The van der Waals surface area contributed by atoms with Crippen molar-refractivity contribution in [1.82, 2.24) is 4.72 Å². The number of piperidine rings is 1. The van der Waals surface area contributed by atoms with E-state index in [1.165, 1.54) is 11.0 Å². The van der Waals surface area contributed by atoms with Crippen molar-refractivity contribution >= 4 is 21.6 Å². The summed E-state index contributed by atoms with van der Waals surface area (Å²) in [6.07, 6.45) is 1.61.